The molecule has 7 nitrogen and oxygen atoms in total. The minimum atomic E-state index is -3.89. The molecule has 3 N–H and O–H groups in total. The topological polar surface area (TPSA) is 127 Å². The van der Waals surface area contributed by atoms with E-state index < -0.39 is 33.9 Å². The van der Waals surface area contributed by atoms with Gasteiger partial charge >= 0.3 is 5.97 Å². The number of sulfonamides is 1. The van der Waals surface area contributed by atoms with Crippen LogP contribution in [0.15, 0.2) is 0 Å². The molecule has 0 fully saturated rings. The SMILES string of the molecule is CCC(C#N)S(=O)(=O)NC[C@H](O)C(=O)O. The predicted octanol–water partition coefficient (Wildman–Crippen LogP) is -1.35. The third kappa shape index (κ3) is 4.24. The smallest absolute Gasteiger partial charge is 0.333 e. The molecule has 86 valence electrons. The van der Waals surface area contributed by atoms with Gasteiger partial charge in [-0.15, -0.1) is 0 Å². The Balaban J connectivity index is 4.42. The standard InChI is InChI=1S/C7H12N2O5S/c1-2-5(3-8)15(13,14)9-4-6(10)7(11)12/h5-6,9-10H,2,4H2,1H3,(H,11,12)/t5?,6-/m0/s1. The highest BCUT2D eigenvalue weighted by atomic mass is 32.2. The van der Waals surface area contributed by atoms with Crippen LogP contribution in [0.3, 0.4) is 0 Å². The number of hydrogen-bond acceptors (Lipinski definition) is 5. The summed E-state index contributed by atoms with van der Waals surface area (Å²) in [6.07, 6.45) is -1.72. The van der Waals surface area contributed by atoms with Crippen molar-refractivity contribution in [2.75, 3.05) is 6.54 Å². The second-order valence-corrected chi connectivity index (χ2v) is 4.72. The first-order valence-electron chi connectivity index (χ1n) is 4.14. The molecule has 0 saturated heterocycles. The van der Waals surface area contributed by atoms with E-state index in [1.165, 1.54) is 6.92 Å². The van der Waals surface area contributed by atoms with Crippen LogP contribution in [0.5, 0.6) is 0 Å². The van der Waals surface area contributed by atoms with E-state index in [4.69, 9.17) is 15.5 Å². The van der Waals surface area contributed by atoms with Gasteiger partial charge in [-0.1, -0.05) is 6.92 Å². The van der Waals surface area contributed by atoms with Crippen LogP contribution in [-0.4, -0.2) is 42.5 Å². The van der Waals surface area contributed by atoms with Gasteiger partial charge in [0, 0.05) is 6.54 Å². The van der Waals surface area contributed by atoms with E-state index in [0.717, 1.165) is 0 Å². The summed E-state index contributed by atoms with van der Waals surface area (Å²) in [6, 6.07) is 1.57. The van der Waals surface area contributed by atoms with Gasteiger partial charge in [-0.25, -0.2) is 17.9 Å². The molecule has 1 unspecified atom stereocenters. The number of carboxylic acid groups (broad SMARTS) is 1. The summed E-state index contributed by atoms with van der Waals surface area (Å²) in [5.74, 6) is -1.53. The molecule has 0 rings (SSSR count). The summed E-state index contributed by atoms with van der Waals surface area (Å²) in [5.41, 5.74) is 0. The van der Waals surface area contributed by atoms with Crippen LogP contribution in [0.4, 0.5) is 0 Å². The first-order chi connectivity index (χ1) is 6.85. The Hall–Kier alpha value is -1.17. The predicted molar refractivity (Wildman–Crippen MR) is 50.3 cm³/mol. The number of hydrogen-bond donors (Lipinski definition) is 3. The monoisotopic (exact) mass is 236 g/mol. The van der Waals surface area contributed by atoms with Gasteiger partial charge in [-0.05, 0) is 6.42 Å². The zero-order valence-corrected chi connectivity index (χ0v) is 8.86. The fourth-order valence-corrected chi connectivity index (χ4v) is 1.93. The van der Waals surface area contributed by atoms with Crippen molar-refractivity contribution in [3.8, 4) is 6.07 Å². The van der Waals surface area contributed by atoms with Gasteiger partial charge in [0.05, 0.1) is 6.07 Å². The van der Waals surface area contributed by atoms with Crippen LogP contribution in [0.1, 0.15) is 13.3 Å². The molecule has 0 aliphatic heterocycles. The Kier molecular flexibility index (Phi) is 5.21. The normalized spacial score (nSPS) is 15.3. The zero-order valence-electron chi connectivity index (χ0n) is 8.04. The van der Waals surface area contributed by atoms with Gasteiger partial charge in [0.15, 0.2) is 11.4 Å². The van der Waals surface area contributed by atoms with E-state index in [2.05, 4.69) is 0 Å². The van der Waals surface area contributed by atoms with Crippen molar-refractivity contribution in [1.29, 1.82) is 5.26 Å². The second kappa shape index (κ2) is 5.65. The maximum absolute atomic E-state index is 11.3. The summed E-state index contributed by atoms with van der Waals surface area (Å²) >= 11 is 0. The molecule has 0 heterocycles. The molecule has 0 aliphatic rings. The number of rotatable bonds is 6. The van der Waals surface area contributed by atoms with Gasteiger partial charge in [0.25, 0.3) is 0 Å². The Morgan fingerprint density at radius 1 is 1.60 bits per heavy atom. The maximum Gasteiger partial charge on any atom is 0.333 e. The Morgan fingerprint density at radius 2 is 2.13 bits per heavy atom. The number of carboxylic acids is 1. The molecule has 0 aromatic heterocycles. The largest absolute Gasteiger partial charge is 0.479 e. The first-order valence-corrected chi connectivity index (χ1v) is 5.68. The highest BCUT2D eigenvalue weighted by Gasteiger charge is 2.25. The van der Waals surface area contributed by atoms with E-state index >= 15 is 0 Å². The first kappa shape index (κ1) is 13.8. The molecule has 0 aromatic rings. The lowest BCUT2D eigenvalue weighted by Crippen LogP contribution is -2.40. The van der Waals surface area contributed by atoms with Crippen LogP contribution < -0.4 is 4.72 Å². The fraction of sp³-hybridized carbons (Fsp3) is 0.714. The molecule has 15 heavy (non-hydrogen) atoms. The van der Waals surface area contributed by atoms with E-state index in [1.54, 1.807) is 6.07 Å². The highest BCUT2D eigenvalue weighted by Crippen LogP contribution is 2.02. The Labute approximate surface area is 87.4 Å². The van der Waals surface area contributed by atoms with Crippen LogP contribution in [-0.2, 0) is 14.8 Å². The third-order valence-electron chi connectivity index (χ3n) is 1.65. The molecule has 0 amide bonds. The quantitative estimate of drug-likeness (QED) is 0.523. The number of carbonyl (C=O) groups is 1. The molecular formula is C7H12N2O5S. The molecule has 0 aromatic carbocycles. The molecule has 0 radical (unpaired) electrons. The number of nitrogens with one attached hydrogen (secondary N) is 1. The summed E-state index contributed by atoms with van der Waals surface area (Å²) < 4.78 is 24.4. The van der Waals surface area contributed by atoms with E-state index in [0.29, 0.717) is 0 Å². The van der Waals surface area contributed by atoms with Crippen molar-refractivity contribution in [2.45, 2.75) is 24.7 Å². The van der Waals surface area contributed by atoms with Crippen molar-refractivity contribution >= 4 is 16.0 Å². The van der Waals surface area contributed by atoms with Crippen LogP contribution in [0.2, 0.25) is 0 Å². The minimum Gasteiger partial charge on any atom is -0.479 e. The number of nitriles is 1. The number of aliphatic carboxylic acids is 1. The maximum atomic E-state index is 11.3. The molecule has 0 bridgehead atoms. The molecule has 0 aliphatic carbocycles. The van der Waals surface area contributed by atoms with E-state index in [9.17, 15) is 13.2 Å². The summed E-state index contributed by atoms with van der Waals surface area (Å²) in [7, 11) is -3.89. The van der Waals surface area contributed by atoms with Crippen LogP contribution in [0, 0.1) is 11.3 Å². The lowest BCUT2D eigenvalue weighted by molar-refractivity contribution is -0.146. The average Bonchev–Trinajstić information content (AvgIpc) is 2.15. The van der Waals surface area contributed by atoms with E-state index in [1.807, 2.05) is 4.72 Å². The highest BCUT2D eigenvalue weighted by molar-refractivity contribution is 7.90. The minimum absolute atomic E-state index is 0.0923. The molecular weight excluding hydrogens is 224 g/mol. The van der Waals surface area contributed by atoms with Gasteiger partial charge in [0.2, 0.25) is 10.0 Å². The molecule has 8 heteroatoms. The van der Waals surface area contributed by atoms with Gasteiger partial charge in [-0.2, -0.15) is 5.26 Å². The molecule has 0 saturated carbocycles. The fourth-order valence-electron chi connectivity index (χ4n) is 0.763. The van der Waals surface area contributed by atoms with Crippen molar-refractivity contribution in [2.24, 2.45) is 0 Å². The van der Waals surface area contributed by atoms with Crippen molar-refractivity contribution in [3.05, 3.63) is 0 Å². The summed E-state index contributed by atoms with van der Waals surface area (Å²) in [5, 5.41) is 24.3. The van der Waals surface area contributed by atoms with Gasteiger partial charge in [-0.3, -0.25) is 0 Å². The molecule has 0 spiro atoms. The van der Waals surface area contributed by atoms with Crippen molar-refractivity contribution in [3.63, 3.8) is 0 Å². The van der Waals surface area contributed by atoms with Crippen molar-refractivity contribution < 1.29 is 23.4 Å². The average molecular weight is 236 g/mol. The zero-order chi connectivity index (χ0) is 12.1. The lowest BCUT2D eigenvalue weighted by Gasteiger charge is -2.11. The number of nitrogens with zero attached hydrogens (tertiary/aromatic N) is 1. The van der Waals surface area contributed by atoms with E-state index in [-0.39, 0.29) is 6.42 Å². The van der Waals surface area contributed by atoms with Gasteiger partial charge < -0.3 is 10.2 Å². The summed E-state index contributed by atoms with van der Waals surface area (Å²) in [6.45, 7) is 0.872. The number of aliphatic hydroxyl groups excluding tert-OH is 1. The van der Waals surface area contributed by atoms with Crippen molar-refractivity contribution in [1.82, 2.24) is 4.72 Å². The van der Waals surface area contributed by atoms with Crippen LogP contribution >= 0.6 is 0 Å². The molecule has 2 atom stereocenters. The third-order valence-corrected chi connectivity index (χ3v) is 3.41. The Morgan fingerprint density at radius 3 is 2.47 bits per heavy atom. The lowest BCUT2D eigenvalue weighted by atomic mass is 10.4. The Bertz CT molecular complexity index is 358. The van der Waals surface area contributed by atoms with Crippen LogP contribution in [0.25, 0.3) is 0 Å². The number of aliphatic hydroxyl groups is 1. The second-order valence-electron chi connectivity index (χ2n) is 2.77. The summed E-state index contributed by atoms with van der Waals surface area (Å²) in [4.78, 5) is 10.2. The van der Waals surface area contributed by atoms with Gasteiger partial charge in [0.1, 0.15) is 0 Å².